The summed E-state index contributed by atoms with van der Waals surface area (Å²) in [7, 11) is 0. The van der Waals surface area contributed by atoms with Gasteiger partial charge in [-0.1, -0.05) is 30.3 Å². The van der Waals surface area contributed by atoms with E-state index in [-0.39, 0.29) is 0 Å². The number of H-pyrrole nitrogens is 1. The Balaban J connectivity index is 2.00. The fraction of sp³-hybridized carbons (Fsp3) is 0. The highest BCUT2D eigenvalue weighted by Gasteiger charge is 2.06. The predicted octanol–water partition coefficient (Wildman–Crippen LogP) is 3.20. The number of hydrogen-bond acceptors (Lipinski definition) is 3. The molecule has 0 bridgehead atoms. The Bertz CT molecular complexity index is 569. The van der Waals surface area contributed by atoms with Crippen LogP contribution in [0, 0.1) is 0 Å². The van der Waals surface area contributed by atoms with Crippen LogP contribution in [0.5, 0.6) is 0 Å². The summed E-state index contributed by atoms with van der Waals surface area (Å²) in [6.45, 7) is 0. The van der Waals surface area contributed by atoms with Gasteiger partial charge in [0.25, 0.3) is 0 Å². The molecular weight excluding hydrogens is 218 g/mol. The van der Waals surface area contributed by atoms with Crippen LogP contribution in [0.3, 0.4) is 0 Å². The minimum Gasteiger partial charge on any atom is -0.259 e. The van der Waals surface area contributed by atoms with Crippen LogP contribution >= 0.6 is 11.3 Å². The van der Waals surface area contributed by atoms with Gasteiger partial charge in [-0.25, -0.2) is 4.98 Å². The van der Waals surface area contributed by atoms with Crippen LogP contribution in [-0.2, 0) is 0 Å². The van der Waals surface area contributed by atoms with Gasteiger partial charge in [-0.05, 0) is 11.4 Å². The fourth-order valence-electron chi connectivity index (χ4n) is 1.51. The molecule has 0 spiro atoms. The third-order valence-electron chi connectivity index (χ3n) is 2.31. The Morgan fingerprint density at radius 2 is 1.88 bits per heavy atom. The number of aromatic nitrogens is 3. The quantitative estimate of drug-likeness (QED) is 0.730. The van der Waals surface area contributed by atoms with Gasteiger partial charge in [-0.3, -0.25) is 5.10 Å². The number of thiophene rings is 1. The number of nitrogens with one attached hydrogen (secondary N) is 1. The van der Waals surface area contributed by atoms with Crippen LogP contribution in [0.2, 0.25) is 0 Å². The molecule has 0 amide bonds. The zero-order valence-electron chi connectivity index (χ0n) is 8.42. The van der Waals surface area contributed by atoms with Crippen molar-refractivity contribution >= 4 is 11.3 Å². The highest BCUT2D eigenvalue weighted by atomic mass is 32.1. The molecule has 2 aromatic heterocycles. The van der Waals surface area contributed by atoms with Crippen molar-refractivity contribution in [2.24, 2.45) is 0 Å². The Labute approximate surface area is 96.8 Å². The first-order valence-electron chi connectivity index (χ1n) is 4.94. The van der Waals surface area contributed by atoms with Crippen molar-refractivity contribution in [2.75, 3.05) is 0 Å². The number of benzene rings is 1. The molecule has 16 heavy (non-hydrogen) atoms. The lowest BCUT2D eigenvalue weighted by Crippen LogP contribution is -1.79. The van der Waals surface area contributed by atoms with Crippen LogP contribution in [0.4, 0.5) is 0 Å². The van der Waals surface area contributed by atoms with E-state index in [9.17, 15) is 0 Å². The summed E-state index contributed by atoms with van der Waals surface area (Å²) in [6.07, 6.45) is 0. The van der Waals surface area contributed by atoms with Gasteiger partial charge < -0.3 is 0 Å². The van der Waals surface area contributed by atoms with Crippen LogP contribution in [0.15, 0.2) is 47.2 Å². The highest BCUT2D eigenvalue weighted by molar-refractivity contribution is 7.08. The van der Waals surface area contributed by atoms with Crippen molar-refractivity contribution < 1.29 is 0 Å². The summed E-state index contributed by atoms with van der Waals surface area (Å²) in [5.74, 6) is 1.56. The first-order valence-corrected chi connectivity index (χ1v) is 5.88. The summed E-state index contributed by atoms with van der Waals surface area (Å²) in [4.78, 5) is 4.46. The molecule has 0 aliphatic rings. The Morgan fingerprint density at radius 1 is 1.00 bits per heavy atom. The molecule has 3 rings (SSSR count). The molecule has 3 aromatic rings. The lowest BCUT2D eigenvalue weighted by Gasteiger charge is -1.92. The molecule has 0 saturated heterocycles. The fourth-order valence-corrected chi connectivity index (χ4v) is 2.14. The molecule has 1 N–H and O–H groups in total. The standard InChI is InChI=1S/C12H9N3S/c1-2-4-9(5-3-1)11-13-12(15-14-11)10-6-7-16-8-10/h1-8H,(H,13,14,15). The van der Waals surface area contributed by atoms with Crippen LogP contribution in [0.25, 0.3) is 22.8 Å². The second-order valence-corrected chi connectivity index (χ2v) is 4.17. The SMILES string of the molecule is c1ccc(-c2nc(-c3ccsc3)n[nH]2)cc1. The van der Waals surface area contributed by atoms with Gasteiger partial charge in [0.1, 0.15) is 0 Å². The molecular formula is C12H9N3S. The molecule has 2 heterocycles. The topological polar surface area (TPSA) is 41.6 Å². The van der Waals surface area contributed by atoms with E-state index in [0.717, 1.165) is 22.8 Å². The van der Waals surface area contributed by atoms with Gasteiger partial charge in [0.15, 0.2) is 11.6 Å². The monoisotopic (exact) mass is 227 g/mol. The number of nitrogens with zero attached hydrogens (tertiary/aromatic N) is 2. The van der Waals surface area contributed by atoms with E-state index in [4.69, 9.17) is 0 Å². The van der Waals surface area contributed by atoms with Crippen LogP contribution < -0.4 is 0 Å². The molecule has 0 aliphatic heterocycles. The second kappa shape index (κ2) is 3.90. The van der Waals surface area contributed by atoms with Gasteiger partial charge >= 0.3 is 0 Å². The van der Waals surface area contributed by atoms with Crippen molar-refractivity contribution in [3.63, 3.8) is 0 Å². The Morgan fingerprint density at radius 3 is 2.62 bits per heavy atom. The van der Waals surface area contributed by atoms with Crippen molar-refractivity contribution in [2.45, 2.75) is 0 Å². The van der Waals surface area contributed by atoms with E-state index >= 15 is 0 Å². The highest BCUT2D eigenvalue weighted by Crippen LogP contribution is 2.21. The molecule has 3 nitrogen and oxygen atoms in total. The van der Waals surface area contributed by atoms with E-state index < -0.39 is 0 Å². The van der Waals surface area contributed by atoms with Gasteiger partial charge in [-0.2, -0.15) is 16.4 Å². The minimum atomic E-state index is 0.750. The summed E-state index contributed by atoms with van der Waals surface area (Å²) in [5.41, 5.74) is 2.11. The lowest BCUT2D eigenvalue weighted by atomic mass is 10.2. The number of rotatable bonds is 2. The summed E-state index contributed by atoms with van der Waals surface area (Å²) in [6, 6.07) is 12.0. The normalized spacial score (nSPS) is 10.5. The van der Waals surface area contributed by atoms with Crippen molar-refractivity contribution in [3.05, 3.63) is 47.2 Å². The van der Waals surface area contributed by atoms with Crippen molar-refractivity contribution in [1.82, 2.24) is 15.2 Å². The minimum absolute atomic E-state index is 0.750. The van der Waals surface area contributed by atoms with Gasteiger partial charge in [-0.15, -0.1) is 0 Å². The molecule has 0 unspecified atom stereocenters. The summed E-state index contributed by atoms with van der Waals surface area (Å²) in [5, 5.41) is 11.2. The molecule has 0 saturated carbocycles. The number of hydrogen-bond donors (Lipinski definition) is 1. The maximum absolute atomic E-state index is 4.46. The Hall–Kier alpha value is -1.94. The summed E-state index contributed by atoms with van der Waals surface area (Å²) < 4.78 is 0. The van der Waals surface area contributed by atoms with Crippen LogP contribution in [-0.4, -0.2) is 15.2 Å². The maximum atomic E-state index is 4.46. The zero-order chi connectivity index (χ0) is 10.8. The van der Waals surface area contributed by atoms with Gasteiger partial charge in [0, 0.05) is 16.5 Å². The third kappa shape index (κ3) is 1.63. The van der Waals surface area contributed by atoms with Crippen LogP contribution in [0.1, 0.15) is 0 Å². The first-order chi connectivity index (χ1) is 7.93. The molecule has 0 atom stereocenters. The molecule has 1 aromatic carbocycles. The molecule has 0 radical (unpaired) electrons. The van der Waals surface area contributed by atoms with E-state index in [1.807, 2.05) is 47.2 Å². The zero-order valence-corrected chi connectivity index (χ0v) is 9.24. The van der Waals surface area contributed by atoms with Gasteiger partial charge in [0.2, 0.25) is 0 Å². The largest absolute Gasteiger partial charge is 0.259 e. The lowest BCUT2D eigenvalue weighted by molar-refractivity contribution is 1.10. The molecule has 4 heteroatoms. The molecule has 78 valence electrons. The smallest absolute Gasteiger partial charge is 0.182 e. The number of aromatic amines is 1. The second-order valence-electron chi connectivity index (χ2n) is 3.39. The predicted molar refractivity (Wildman–Crippen MR) is 65.1 cm³/mol. The van der Waals surface area contributed by atoms with Crippen molar-refractivity contribution in [3.8, 4) is 22.8 Å². The average Bonchev–Trinajstić information content (AvgIpc) is 3.01. The maximum Gasteiger partial charge on any atom is 0.182 e. The van der Waals surface area contributed by atoms with E-state index in [2.05, 4.69) is 15.2 Å². The third-order valence-corrected chi connectivity index (χ3v) is 3.00. The van der Waals surface area contributed by atoms with Crippen molar-refractivity contribution in [1.29, 1.82) is 0 Å². The molecule has 0 fully saturated rings. The molecule has 0 aliphatic carbocycles. The van der Waals surface area contributed by atoms with E-state index in [1.165, 1.54) is 0 Å². The van der Waals surface area contributed by atoms with E-state index in [0.29, 0.717) is 0 Å². The summed E-state index contributed by atoms with van der Waals surface area (Å²) >= 11 is 1.65. The Kier molecular flexibility index (Phi) is 2.27. The van der Waals surface area contributed by atoms with E-state index in [1.54, 1.807) is 11.3 Å². The van der Waals surface area contributed by atoms with Gasteiger partial charge in [0.05, 0.1) is 0 Å². The first kappa shape index (κ1) is 9.30. The average molecular weight is 227 g/mol.